The lowest BCUT2D eigenvalue weighted by atomic mass is 9.96. The van der Waals surface area contributed by atoms with E-state index in [0.29, 0.717) is 11.3 Å². The molecule has 2 aromatic carbocycles. The van der Waals surface area contributed by atoms with Crippen molar-refractivity contribution in [2.75, 3.05) is 12.4 Å². The first-order chi connectivity index (χ1) is 12.5. The summed E-state index contributed by atoms with van der Waals surface area (Å²) in [5.41, 5.74) is 4.50. The maximum atomic E-state index is 12.8. The summed E-state index contributed by atoms with van der Waals surface area (Å²) in [7, 11) is 1.32. The van der Waals surface area contributed by atoms with E-state index in [9.17, 15) is 14.7 Å². The molecule has 0 saturated carbocycles. The second-order valence-corrected chi connectivity index (χ2v) is 5.81. The maximum absolute atomic E-state index is 12.8. The lowest BCUT2D eigenvalue weighted by molar-refractivity contribution is -0.128. The highest BCUT2D eigenvalue weighted by molar-refractivity contribution is 6.06. The first kappa shape index (κ1) is 17.5. The van der Waals surface area contributed by atoms with Gasteiger partial charge < -0.3 is 15.7 Å². The van der Waals surface area contributed by atoms with Gasteiger partial charge in [0, 0.05) is 22.4 Å². The molecule has 2 aromatic rings. The lowest BCUT2D eigenvalue weighted by Gasteiger charge is -2.19. The van der Waals surface area contributed by atoms with Crippen LogP contribution in [-0.2, 0) is 14.4 Å². The minimum absolute atomic E-state index is 0.0777. The summed E-state index contributed by atoms with van der Waals surface area (Å²) < 4.78 is 0. The van der Waals surface area contributed by atoms with E-state index in [1.165, 1.54) is 14.0 Å². The van der Waals surface area contributed by atoms with Crippen LogP contribution in [0.3, 0.4) is 0 Å². The third kappa shape index (κ3) is 3.25. The molecule has 0 radical (unpaired) electrons. The molecule has 26 heavy (non-hydrogen) atoms. The first-order valence-corrected chi connectivity index (χ1v) is 8.01. The molecule has 4 N–H and O–H groups in total. The van der Waals surface area contributed by atoms with Crippen LogP contribution in [0.1, 0.15) is 24.1 Å². The van der Waals surface area contributed by atoms with E-state index in [2.05, 4.69) is 21.0 Å². The number of amides is 2. The maximum Gasteiger partial charge on any atom is 0.272 e. The number of carbonyl (C=O) groups excluding carboxylic acids is 2. The van der Waals surface area contributed by atoms with E-state index in [-0.39, 0.29) is 17.0 Å². The molecule has 0 aromatic heterocycles. The van der Waals surface area contributed by atoms with Gasteiger partial charge in [0.25, 0.3) is 11.8 Å². The zero-order chi connectivity index (χ0) is 18.7. The number of fused-ring (bicyclic) bond motifs is 1. The van der Waals surface area contributed by atoms with Crippen molar-refractivity contribution in [2.45, 2.75) is 13.0 Å². The largest absolute Gasteiger partial charge is 0.508 e. The molecule has 3 rings (SSSR count). The summed E-state index contributed by atoms with van der Waals surface area (Å²) in [5, 5.41) is 16.2. The van der Waals surface area contributed by atoms with Crippen LogP contribution in [0.4, 0.5) is 5.69 Å². The van der Waals surface area contributed by atoms with E-state index in [1.807, 2.05) is 24.3 Å². The molecule has 7 nitrogen and oxygen atoms in total. The third-order valence-corrected chi connectivity index (χ3v) is 4.19. The van der Waals surface area contributed by atoms with Crippen LogP contribution >= 0.6 is 0 Å². The van der Waals surface area contributed by atoms with Gasteiger partial charge in [0.15, 0.2) is 0 Å². The Labute approximate surface area is 150 Å². The minimum atomic E-state index is -0.566. The number of carbonyl (C=O) groups is 2. The molecular weight excluding hydrogens is 334 g/mol. The number of para-hydroxylation sites is 2. The fourth-order valence-corrected chi connectivity index (χ4v) is 2.86. The highest BCUT2D eigenvalue weighted by Gasteiger charge is 2.29. The molecular formula is C19H19N3O4. The van der Waals surface area contributed by atoms with Crippen molar-refractivity contribution in [3.05, 3.63) is 70.9 Å². The fourth-order valence-electron chi connectivity index (χ4n) is 2.86. The SMILES string of the molecule is CONC(=O)/C(C)=C1/Nc2ccccc2C(c2ccccc2O)NC1=O. The number of hydroxylamine groups is 1. The van der Waals surface area contributed by atoms with E-state index in [1.54, 1.807) is 24.3 Å². The summed E-state index contributed by atoms with van der Waals surface area (Å²) in [4.78, 5) is 29.5. The van der Waals surface area contributed by atoms with Crippen molar-refractivity contribution < 1.29 is 19.5 Å². The van der Waals surface area contributed by atoms with E-state index >= 15 is 0 Å². The first-order valence-electron chi connectivity index (χ1n) is 8.01. The van der Waals surface area contributed by atoms with Crippen molar-refractivity contribution in [3.8, 4) is 5.75 Å². The Balaban J connectivity index is 2.11. The van der Waals surface area contributed by atoms with Crippen LogP contribution in [0, 0.1) is 0 Å². The Morgan fingerprint density at radius 3 is 2.46 bits per heavy atom. The van der Waals surface area contributed by atoms with Gasteiger partial charge in [0.1, 0.15) is 11.4 Å². The van der Waals surface area contributed by atoms with Crippen molar-refractivity contribution in [1.82, 2.24) is 10.8 Å². The van der Waals surface area contributed by atoms with Gasteiger partial charge in [0.05, 0.1) is 13.2 Å². The van der Waals surface area contributed by atoms with Gasteiger partial charge in [-0.1, -0.05) is 36.4 Å². The monoisotopic (exact) mass is 353 g/mol. The Bertz CT molecular complexity index is 892. The molecule has 7 heteroatoms. The standard InChI is InChI=1S/C19H19N3O4/c1-11(18(24)22-26-2)16-19(25)21-17(13-8-4-6-10-15(13)23)12-7-3-5-9-14(12)20-16/h3-10,17,20,23H,1-2H3,(H,21,25)(H,22,24)/b16-11+. The Morgan fingerprint density at radius 1 is 1.12 bits per heavy atom. The normalized spacial score (nSPS) is 18.1. The van der Waals surface area contributed by atoms with E-state index < -0.39 is 17.9 Å². The summed E-state index contributed by atoms with van der Waals surface area (Å²) in [6, 6.07) is 13.6. The number of phenolic OH excluding ortho intramolecular Hbond substituents is 1. The number of nitrogens with one attached hydrogen (secondary N) is 3. The van der Waals surface area contributed by atoms with Gasteiger partial charge in [0.2, 0.25) is 0 Å². The highest BCUT2D eigenvalue weighted by Crippen LogP contribution is 2.35. The number of hydrogen-bond donors (Lipinski definition) is 4. The highest BCUT2D eigenvalue weighted by atomic mass is 16.6. The molecule has 0 aliphatic carbocycles. The topological polar surface area (TPSA) is 99.7 Å². The van der Waals surface area contributed by atoms with Crippen molar-refractivity contribution in [3.63, 3.8) is 0 Å². The molecule has 0 spiro atoms. The van der Waals surface area contributed by atoms with Crippen molar-refractivity contribution in [2.24, 2.45) is 0 Å². The van der Waals surface area contributed by atoms with Crippen LogP contribution in [0.15, 0.2) is 59.8 Å². The zero-order valence-electron chi connectivity index (χ0n) is 14.4. The average molecular weight is 353 g/mol. The minimum Gasteiger partial charge on any atom is -0.508 e. The van der Waals surface area contributed by atoms with Gasteiger partial charge in [-0.2, -0.15) is 0 Å². The van der Waals surface area contributed by atoms with Gasteiger partial charge >= 0.3 is 0 Å². The number of benzene rings is 2. The second-order valence-electron chi connectivity index (χ2n) is 5.81. The van der Waals surface area contributed by atoms with Crippen LogP contribution in [0.2, 0.25) is 0 Å². The van der Waals surface area contributed by atoms with Gasteiger partial charge in [-0.3, -0.25) is 14.4 Å². The molecule has 1 atom stereocenters. The number of aromatic hydroxyl groups is 1. The number of hydrogen-bond acceptors (Lipinski definition) is 5. The van der Waals surface area contributed by atoms with Crippen LogP contribution in [0.25, 0.3) is 0 Å². The molecule has 0 bridgehead atoms. The smallest absolute Gasteiger partial charge is 0.272 e. The quantitative estimate of drug-likeness (QED) is 0.499. The average Bonchev–Trinajstić information content (AvgIpc) is 2.78. The predicted octanol–water partition coefficient (Wildman–Crippen LogP) is 1.97. The van der Waals surface area contributed by atoms with Crippen LogP contribution in [0.5, 0.6) is 5.75 Å². The Hall–Kier alpha value is -3.32. The summed E-state index contributed by atoms with van der Waals surface area (Å²) in [6.45, 7) is 1.53. The van der Waals surface area contributed by atoms with E-state index in [0.717, 1.165) is 5.56 Å². The lowest BCUT2D eigenvalue weighted by Crippen LogP contribution is -2.32. The molecule has 0 fully saturated rings. The predicted molar refractivity (Wildman–Crippen MR) is 96.0 cm³/mol. The van der Waals surface area contributed by atoms with E-state index in [4.69, 9.17) is 0 Å². The molecule has 1 unspecified atom stereocenters. The van der Waals surface area contributed by atoms with Crippen molar-refractivity contribution >= 4 is 17.5 Å². The van der Waals surface area contributed by atoms with Gasteiger partial charge in [-0.15, -0.1) is 0 Å². The Kier molecular flexibility index (Phi) is 4.90. The third-order valence-electron chi connectivity index (χ3n) is 4.19. The zero-order valence-corrected chi connectivity index (χ0v) is 14.4. The fraction of sp³-hybridized carbons (Fsp3) is 0.158. The van der Waals surface area contributed by atoms with Crippen molar-refractivity contribution in [1.29, 1.82) is 0 Å². The van der Waals surface area contributed by atoms with Crippen LogP contribution < -0.4 is 16.1 Å². The van der Waals surface area contributed by atoms with Gasteiger partial charge in [-0.25, -0.2) is 5.48 Å². The molecule has 134 valence electrons. The number of anilines is 1. The summed E-state index contributed by atoms with van der Waals surface area (Å²) >= 11 is 0. The molecule has 0 saturated heterocycles. The molecule has 1 aliphatic heterocycles. The summed E-state index contributed by atoms with van der Waals surface area (Å²) in [6.07, 6.45) is 0. The number of rotatable bonds is 3. The number of phenols is 1. The molecule has 1 heterocycles. The summed E-state index contributed by atoms with van der Waals surface area (Å²) in [5.74, 6) is -0.907. The van der Waals surface area contributed by atoms with Gasteiger partial charge in [-0.05, 0) is 19.1 Å². The second kappa shape index (κ2) is 7.28. The Morgan fingerprint density at radius 2 is 1.77 bits per heavy atom. The van der Waals surface area contributed by atoms with Crippen LogP contribution in [-0.4, -0.2) is 24.0 Å². The molecule has 1 aliphatic rings. The molecule has 2 amide bonds.